The molecule has 1 aromatic carbocycles. The predicted octanol–water partition coefficient (Wildman–Crippen LogP) is 2.57. The van der Waals surface area contributed by atoms with Crippen molar-refractivity contribution in [2.45, 2.75) is 39.9 Å². The van der Waals surface area contributed by atoms with Gasteiger partial charge in [-0.15, -0.1) is 0 Å². The highest BCUT2D eigenvalue weighted by Gasteiger charge is 2.21. The highest BCUT2D eigenvalue weighted by Crippen LogP contribution is 2.23. The minimum Gasteiger partial charge on any atom is -0.485 e. The first kappa shape index (κ1) is 20.7. The van der Waals surface area contributed by atoms with Crippen LogP contribution >= 0.6 is 0 Å². The van der Waals surface area contributed by atoms with Crippen molar-refractivity contribution in [3.8, 4) is 23.4 Å². The highest BCUT2D eigenvalue weighted by molar-refractivity contribution is 5.64. The molecular weight excluding hydrogens is 394 g/mol. The maximum atomic E-state index is 12.0. The minimum atomic E-state index is -0.833. The summed E-state index contributed by atoms with van der Waals surface area (Å²) < 4.78 is 21.8. The molecule has 0 saturated heterocycles. The van der Waals surface area contributed by atoms with Crippen molar-refractivity contribution < 1.29 is 28.5 Å². The number of benzene rings is 1. The van der Waals surface area contributed by atoms with E-state index in [4.69, 9.17) is 19.5 Å². The number of aromatic nitrogens is 4. The zero-order chi connectivity index (χ0) is 21.9. The van der Waals surface area contributed by atoms with Crippen molar-refractivity contribution in [2.24, 2.45) is 0 Å². The maximum absolute atomic E-state index is 12.0. The quantitative estimate of drug-likeness (QED) is 0.456. The summed E-state index contributed by atoms with van der Waals surface area (Å²) >= 11 is 0. The predicted molar refractivity (Wildman–Crippen MR) is 99.7 cm³/mol. The largest absolute Gasteiger partial charge is 0.515 e. The Hall–Kier alpha value is -4.07. The molecule has 0 saturated carbocycles. The van der Waals surface area contributed by atoms with Gasteiger partial charge in [-0.25, -0.2) is 9.48 Å². The van der Waals surface area contributed by atoms with Gasteiger partial charge in [0.05, 0.1) is 11.4 Å². The van der Waals surface area contributed by atoms with E-state index in [0.29, 0.717) is 17.1 Å². The Bertz CT molecular complexity index is 1090. The van der Waals surface area contributed by atoms with E-state index in [0.717, 1.165) is 0 Å². The number of hydrogen-bond donors (Lipinski definition) is 0. The normalized spacial score (nSPS) is 11.0. The van der Waals surface area contributed by atoms with E-state index in [2.05, 4.69) is 14.9 Å². The molecule has 0 radical (unpaired) electrons. The summed E-state index contributed by atoms with van der Waals surface area (Å²) in [5.41, 5.74) is 0.409. The van der Waals surface area contributed by atoms with Crippen LogP contribution in [-0.4, -0.2) is 26.7 Å². The molecule has 0 spiro atoms. The molecule has 11 heteroatoms. The van der Waals surface area contributed by atoms with Crippen molar-refractivity contribution in [3.63, 3.8) is 0 Å². The lowest BCUT2D eigenvalue weighted by atomic mass is 10.2. The molecule has 11 nitrogen and oxygen atoms in total. The molecule has 0 atom stereocenters. The fourth-order valence-corrected chi connectivity index (χ4v) is 2.40. The molecule has 3 rings (SSSR count). The second-order valence-electron chi connectivity index (χ2n) is 7.22. The van der Waals surface area contributed by atoms with Crippen LogP contribution in [0.3, 0.4) is 0 Å². The molecule has 0 amide bonds. The van der Waals surface area contributed by atoms with Gasteiger partial charge in [-0.3, -0.25) is 4.63 Å². The van der Waals surface area contributed by atoms with Gasteiger partial charge in [0.2, 0.25) is 5.88 Å². The van der Waals surface area contributed by atoms with Crippen LogP contribution in [0.1, 0.15) is 37.9 Å². The Morgan fingerprint density at radius 3 is 2.67 bits per heavy atom. The molecule has 0 bridgehead atoms. The third kappa shape index (κ3) is 4.85. The molecule has 0 N–H and O–H groups in total. The second kappa shape index (κ2) is 8.12. The van der Waals surface area contributed by atoms with Crippen molar-refractivity contribution in [1.29, 1.82) is 5.26 Å². The zero-order valence-electron chi connectivity index (χ0n) is 16.8. The van der Waals surface area contributed by atoms with Gasteiger partial charge in [0.25, 0.3) is 5.69 Å². The van der Waals surface area contributed by atoms with Crippen molar-refractivity contribution in [1.82, 2.24) is 14.9 Å². The number of carbonyl (C=O) groups excluding carboxylic acids is 1. The zero-order valence-corrected chi connectivity index (χ0v) is 16.8. The molecule has 3 aromatic rings. The molecule has 2 heterocycles. The molecule has 0 unspecified atom stereocenters. The number of rotatable bonds is 5. The van der Waals surface area contributed by atoms with Crippen LogP contribution in [0.25, 0.3) is 5.69 Å². The summed E-state index contributed by atoms with van der Waals surface area (Å²) in [4.78, 5) is 12.0. The van der Waals surface area contributed by atoms with E-state index >= 15 is 0 Å². The summed E-state index contributed by atoms with van der Waals surface area (Å²) in [6, 6.07) is 10.0. The van der Waals surface area contributed by atoms with E-state index < -0.39 is 11.8 Å². The highest BCUT2D eigenvalue weighted by atomic mass is 16.8. The van der Waals surface area contributed by atoms with Crippen LogP contribution in [0.2, 0.25) is 0 Å². The van der Waals surface area contributed by atoms with E-state index in [1.807, 2.05) is 0 Å². The van der Waals surface area contributed by atoms with E-state index in [1.165, 1.54) is 4.68 Å². The number of aryl methyl sites for hydroxylation is 1. The first-order valence-electron chi connectivity index (χ1n) is 8.86. The Labute approximate surface area is 171 Å². The standard InChI is InChI=1S/C19H19N5O6/c1-12-9-17(28-18(25)29-19(2,3)4)23(21-12)13-5-7-14(8-6-13)27-11-15-16(10-20)24(26)30-22-15/h5-9H,11H2,1-4H3. The van der Waals surface area contributed by atoms with Gasteiger partial charge in [0.15, 0.2) is 12.7 Å². The molecule has 0 fully saturated rings. The monoisotopic (exact) mass is 413 g/mol. The lowest BCUT2D eigenvalue weighted by Gasteiger charge is -2.18. The van der Waals surface area contributed by atoms with E-state index in [9.17, 15) is 10.0 Å². The van der Waals surface area contributed by atoms with Gasteiger partial charge >= 0.3 is 11.8 Å². The smallest absolute Gasteiger partial charge is 0.485 e. The number of nitrogens with zero attached hydrogens (tertiary/aromatic N) is 5. The third-order valence-electron chi connectivity index (χ3n) is 3.62. The van der Waals surface area contributed by atoms with Gasteiger partial charge in [0, 0.05) is 11.2 Å². The number of nitriles is 1. The SMILES string of the molecule is Cc1cc(OC(=O)OC(C)(C)C)n(-c2ccc(OCc3no[n+]([O-])c3C#N)cc2)n1. The molecule has 0 aliphatic heterocycles. The van der Waals surface area contributed by atoms with Crippen molar-refractivity contribution in [2.75, 3.05) is 0 Å². The van der Waals surface area contributed by atoms with Crippen molar-refractivity contribution in [3.05, 3.63) is 52.6 Å². The van der Waals surface area contributed by atoms with Gasteiger partial charge in [-0.1, -0.05) is 0 Å². The molecular formula is C19H19N5O6. The first-order chi connectivity index (χ1) is 14.2. The van der Waals surface area contributed by atoms with Crippen LogP contribution in [0, 0.1) is 23.5 Å². The Balaban J connectivity index is 1.72. The van der Waals surface area contributed by atoms with Crippen LogP contribution in [0.5, 0.6) is 11.6 Å². The van der Waals surface area contributed by atoms with E-state index in [1.54, 1.807) is 64.1 Å². The Morgan fingerprint density at radius 2 is 2.03 bits per heavy atom. The second-order valence-corrected chi connectivity index (χ2v) is 7.22. The van der Waals surface area contributed by atoms with Crippen molar-refractivity contribution >= 4 is 6.16 Å². The average molecular weight is 413 g/mol. The molecule has 30 heavy (non-hydrogen) atoms. The van der Waals surface area contributed by atoms with E-state index in [-0.39, 0.29) is 28.8 Å². The number of hydrogen-bond acceptors (Lipinski definition) is 9. The summed E-state index contributed by atoms with van der Waals surface area (Å²) in [6.07, 6.45) is -0.833. The molecule has 0 aliphatic carbocycles. The fraction of sp³-hybridized carbons (Fsp3) is 0.316. The topological polar surface area (TPSA) is 139 Å². The lowest BCUT2D eigenvalue weighted by Crippen LogP contribution is -2.26. The van der Waals surface area contributed by atoms with Crippen LogP contribution in [0.4, 0.5) is 4.79 Å². The Kier molecular flexibility index (Phi) is 5.59. The third-order valence-corrected chi connectivity index (χ3v) is 3.62. The molecule has 2 aromatic heterocycles. The van der Waals surface area contributed by atoms with Gasteiger partial charge < -0.3 is 19.4 Å². The Morgan fingerprint density at radius 1 is 1.33 bits per heavy atom. The van der Waals surface area contributed by atoms with Gasteiger partial charge in [0.1, 0.15) is 11.4 Å². The first-order valence-corrected chi connectivity index (χ1v) is 8.86. The van der Waals surface area contributed by atoms with Gasteiger partial charge in [-0.2, -0.15) is 10.4 Å². The summed E-state index contributed by atoms with van der Waals surface area (Å²) in [5, 5.41) is 28.0. The summed E-state index contributed by atoms with van der Waals surface area (Å²) in [6.45, 7) is 6.87. The summed E-state index contributed by atoms with van der Waals surface area (Å²) in [5.74, 6) is 0.665. The molecule has 156 valence electrons. The van der Waals surface area contributed by atoms with Crippen LogP contribution in [0.15, 0.2) is 35.0 Å². The van der Waals surface area contributed by atoms with Gasteiger partial charge in [-0.05, 0) is 56.9 Å². The number of carbonyl (C=O) groups is 1. The lowest BCUT2D eigenvalue weighted by molar-refractivity contribution is -0.804. The summed E-state index contributed by atoms with van der Waals surface area (Å²) in [7, 11) is 0. The number of ether oxygens (including phenoxy) is 3. The van der Waals surface area contributed by atoms with Crippen LogP contribution in [-0.2, 0) is 11.3 Å². The fourth-order valence-electron chi connectivity index (χ4n) is 2.40. The maximum Gasteiger partial charge on any atom is 0.515 e. The molecule has 0 aliphatic rings. The minimum absolute atomic E-state index is 0.0219. The average Bonchev–Trinajstić information content (AvgIpc) is 3.20. The van der Waals surface area contributed by atoms with Crippen LogP contribution < -0.4 is 14.4 Å².